The van der Waals surface area contributed by atoms with Gasteiger partial charge in [-0.2, -0.15) is 8.78 Å². The highest BCUT2D eigenvalue weighted by Gasteiger charge is 2.25. The number of para-hydroxylation sites is 1. The molecule has 28 heavy (non-hydrogen) atoms. The zero-order valence-corrected chi connectivity index (χ0v) is 16.3. The number of amides is 1. The van der Waals surface area contributed by atoms with Crippen molar-refractivity contribution in [2.45, 2.75) is 20.5 Å². The van der Waals surface area contributed by atoms with E-state index in [1.54, 1.807) is 12.1 Å². The van der Waals surface area contributed by atoms with E-state index in [1.165, 1.54) is 19.3 Å². The summed E-state index contributed by atoms with van der Waals surface area (Å²) < 4.78 is 35.2. The number of ether oxygens (including phenoxy) is 2. The van der Waals surface area contributed by atoms with Crippen LogP contribution >= 0.6 is 11.8 Å². The number of alkyl halides is 2. The smallest absolute Gasteiger partial charge is 0.387 e. The predicted molar refractivity (Wildman–Crippen MR) is 106 cm³/mol. The van der Waals surface area contributed by atoms with Crippen LogP contribution in [0.4, 0.5) is 14.5 Å². The van der Waals surface area contributed by atoms with Gasteiger partial charge in [0.05, 0.1) is 17.7 Å². The van der Waals surface area contributed by atoms with E-state index in [0.29, 0.717) is 15.6 Å². The number of hydrogen-bond acceptors (Lipinski definition) is 5. The van der Waals surface area contributed by atoms with E-state index < -0.39 is 6.61 Å². The first-order valence-electron chi connectivity index (χ1n) is 8.36. The lowest BCUT2D eigenvalue weighted by atomic mass is 10.1. The summed E-state index contributed by atoms with van der Waals surface area (Å²) in [5.74, 6) is -0.331. The molecule has 0 saturated carbocycles. The fourth-order valence-electron chi connectivity index (χ4n) is 2.68. The molecule has 0 radical (unpaired) electrons. The van der Waals surface area contributed by atoms with Gasteiger partial charge in [0.1, 0.15) is 0 Å². The minimum absolute atomic E-state index is 0.124. The molecule has 0 spiro atoms. The number of amidine groups is 1. The normalized spacial score (nSPS) is 16.7. The van der Waals surface area contributed by atoms with Gasteiger partial charge in [-0.05, 0) is 49.4 Å². The number of nitrogens with zero attached hydrogens (tertiary/aromatic N) is 1. The van der Waals surface area contributed by atoms with Crippen molar-refractivity contribution >= 4 is 34.6 Å². The fraction of sp³-hybridized carbons (Fsp3) is 0.200. The molecular weight excluding hydrogens is 386 g/mol. The molecule has 1 N–H and O–H groups in total. The molecule has 0 atom stereocenters. The molecule has 1 heterocycles. The summed E-state index contributed by atoms with van der Waals surface area (Å²) >= 11 is 1.13. The highest BCUT2D eigenvalue weighted by atomic mass is 32.2. The number of methoxy groups -OCH3 is 1. The van der Waals surface area contributed by atoms with Gasteiger partial charge in [-0.25, -0.2) is 4.99 Å². The van der Waals surface area contributed by atoms with Gasteiger partial charge in [-0.15, -0.1) is 0 Å². The summed E-state index contributed by atoms with van der Waals surface area (Å²) in [7, 11) is 1.36. The molecule has 1 fully saturated rings. The van der Waals surface area contributed by atoms with Crippen LogP contribution in [0.25, 0.3) is 6.08 Å². The molecule has 1 aliphatic rings. The van der Waals surface area contributed by atoms with Crippen LogP contribution < -0.4 is 14.8 Å². The Morgan fingerprint density at radius 2 is 2.00 bits per heavy atom. The minimum Gasteiger partial charge on any atom is -0.493 e. The Morgan fingerprint density at radius 3 is 2.68 bits per heavy atom. The molecule has 5 nitrogen and oxygen atoms in total. The van der Waals surface area contributed by atoms with Gasteiger partial charge in [-0.1, -0.05) is 29.8 Å². The number of nitrogens with one attached hydrogen (secondary N) is 1. The van der Waals surface area contributed by atoms with E-state index in [0.717, 1.165) is 28.6 Å². The van der Waals surface area contributed by atoms with Crippen molar-refractivity contribution < 1.29 is 23.0 Å². The summed E-state index contributed by atoms with van der Waals surface area (Å²) in [5, 5.41) is 3.11. The van der Waals surface area contributed by atoms with E-state index in [4.69, 9.17) is 4.74 Å². The Kier molecular flexibility index (Phi) is 5.99. The van der Waals surface area contributed by atoms with E-state index in [-0.39, 0.29) is 17.4 Å². The number of rotatable bonds is 5. The maximum absolute atomic E-state index is 12.8. The van der Waals surface area contributed by atoms with E-state index in [9.17, 15) is 13.6 Å². The molecule has 1 amide bonds. The third-order valence-corrected chi connectivity index (χ3v) is 4.86. The average Bonchev–Trinajstić information content (AvgIpc) is 2.97. The fourth-order valence-corrected chi connectivity index (χ4v) is 3.51. The van der Waals surface area contributed by atoms with Gasteiger partial charge in [0, 0.05) is 5.56 Å². The lowest BCUT2D eigenvalue weighted by Gasteiger charge is -2.12. The topological polar surface area (TPSA) is 59.9 Å². The zero-order valence-electron chi connectivity index (χ0n) is 15.5. The Labute approximate surface area is 165 Å². The second kappa shape index (κ2) is 8.43. The van der Waals surface area contributed by atoms with Crippen LogP contribution in [-0.4, -0.2) is 24.8 Å². The largest absolute Gasteiger partial charge is 0.493 e. The molecule has 1 saturated heterocycles. The Morgan fingerprint density at radius 1 is 1.21 bits per heavy atom. The lowest BCUT2D eigenvalue weighted by molar-refractivity contribution is -0.115. The molecule has 146 valence electrons. The number of hydrogen-bond donors (Lipinski definition) is 1. The maximum Gasteiger partial charge on any atom is 0.387 e. The van der Waals surface area contributed by atoms with Gasteiger partial charge in [-0.3, -0.25) is 4.79 Å². The Hall–Kier alpha value is -2.87. The molecular formula is C20H18F2N2O3S. The molecule has 0 aliphatic carbocycles. The highest BCUT2D eigenvalue weighted by Crippen LogP contribution is 2.36. The van der Waals surface area contributed by atoms with E-state index in [1.807, 2.05) is 32.0 Å². The Balaban J connectivity index is 1.92. The van der Waals surface area contributed by atoms with Crippen LogP contribution in [0, 0.1) is 13.8 Å². The summed E-state index contributed by atoms with van der Waals surface area (Å²) in [6, 6.07) is 10.5. The van der Waals surface area contributed by atoms with Crippen LogP contribution in [0.2, 0.25) is 0 Å². The monoisotopic (exact) mass is 404 g/mol. The molecule has 2 aromatic rings. The summed E-state index contributed by atoms with van der Waals surface area (Å²) in [5.41, 5.74) is 3.16. The van der Waals surface area contributed by atoms with Crippen LogP contribution in [0.3, 0.4) is 0 Å². The molecule has 1 aliphatic heterocycles. The first-order valence-corrected chi connectivity index (χ1v) is 9.17. The average molecular weight is 404 g/mol. The number of thioether (sulfide) groups is 1. The third-order valence-electron chi connectivity index (χ3n) is 3.95. The van der Waals surface area contributed by atoms with Crippen molar-refractivity contribution in [3.63, 3.8) is 0 Å². The van der Waals surface area contributed by atoms with Crippen LogP contribution in [0.5, 0.6) is 11.5 Å². The van der Waals surface area contributed by atoms with Crippen LogP contribution in [0.15, 0.2) is 46.3 Å². The quantitative estimate of drug-likeness (QED) is 0.727. The molecule has 0 aromatic heterocycles. The van der Waals surface area contributed by atoms with Gasteiger partial charge in [0.2, 0.25) is 0 Å². The molecule has 3 rings (SSSR count). The van der Waals surface area contributed by atoms with Crippen molar-refractivity contribution in [3.8, 4) is 11.5 Å². The third kappa shape index (κ3) is 4.51. The highest BCUT2D eigenvalue weighted by molar-refractivity contribution is 8.18. The first kappa shape index (κ1) is 19.9. The van der Waals surface area contributed by atoms with Crippen molar-refractivity contribution in [3.05, 3.63) is 58.0 Å². The van der Waals surface area contributed by atoms with E-state index in [2.05, 4.69) is 15.0 Å². The molecule has 0 unspecified atom stereocenters. The molecule has 2 aromatic carbocycles. The number of carbonyl (C=O) groups excluding carboxylic acids is 1. The number of benzene rings is 2. The van der Waals surface area contributed by atoms with Gasteiger partial charge < -0.3 is 14.8 Å². The second-order valence-corrected chi connectivity index (χ2v) is 7.06. The van der Waals surface area contributed by atoms with Crippen molar-refractivity contribution in [2.24, 2.45) is 4.99 Å². The number of aliphatic imine (C=N–C) groups is 1. The maximum atomic E-state index is 12.8. The molecule has 8 heteroatoms. The van der Waals surface area contributed by atoms with Crippen molar-refractivity contribution in [1.29, 1.82) is 0 Å². The van der Waals surface area contributed by atoms with Crippen molar-refractivity contribution in [2.75, 3.05) is 7.11 Å². The van der Waals surface area contributed by atoms with Crippen molar-refractivity contribution in [1.82, 2.24) is 5.32 Å². The predicted octanol–water partition coefficient (Wildman–Crippen LogP) is 4.81. The summed E-state index contributed by atoms with van der Waals surface area (Å²) in [4.78, 5) is 17.1. The standard InChI is InChI=1S/C20H18F2N2O3S/c1-11-7-8-14(12(2)9-11)23-20-24-18(25)16(28-20)10-13-5-4-6-15(26-3)17(13)27-19(21)22/h4-10,19H,1-3H3,(H,23,24,25)/b16-10+. The summed E-state index contributed by atoms with van der Waals surface area (Å²) in [6.45, 7) is 0.916. The second-order valence-electron chi connectivity index (χ2n) is 6.03. The SMILES string of the molecule is COc1cccc(/C=C2/SC(=Nc3ccc(C)cc3C)NC2=O)c1OC(F)F. The van der Waals surface area contributed by atoms with Crippen LogP contribution in [0.1, 0.15) is 16.7 Å². The molecule has 0 bridgehead atoms. The first-order chi connectivity index (χ1) is 13.4. The van der Waals surface area contributed by atoms with Gasteiger partial charge in [0.25, 0.3) is 5.91 Å². The number of aryl methyl sites for hydroxylation is 2. The van der Waals surface area contributed by atoms with E-state index >= 15 is 0 Å². The Bertz CT molecular complexity index is 974. The zero-order chi connectivity index (χ0) is 20.3. The lowest BCUT2D eigenvalue weighted by Crippen LogP contribution is -2.19. The van der Waals surface area contributed by atoms with Crippen LogP contribution in [-0.2, 0) is 4.79 Å². The number of halogens is 2. The van der Waals surface area contributed by atoms with Gasteiger partial charge >= 0.3 is 6.61 Å². The minimum atomic E-state index is -3.01. The summed E-state index contributed by atoms with van der Waals surface area (Å²) in [6.07, 6.45) is 1.48. The van der Waals surface area contributed by atoms with Gasteiger partial charge in [0.15, 0.2) is 16.7 Å². The number of carbonyl (C=O) groups is 1.